The van der Waals surface area contributed by atoms with Crippen molar-refractivity contribution in [3.8, 4) is 0 Å². The summed E-state index contributed by atoms with van der Waals surface area (Å²) >= 11 is 5.98. The minimum atomic E-state index is -4.61. The van der Waals surface area contributed by atoms with E-state index in [0.717, 1.165) is 6.07 Å². The second-order valence-electron chi connectivity index (χ2n) is 7.29. The van der Waals surface area contributed by atoms with Crippen LogP contribution in [0, 0.1) is 17.0 Å². The molecular formula is C20H18ClF3N4O5. The van der Waals surface area contributed by atoms with E-state index in [9.17, 15) is 32.9 Å². The first-order valence-corrected chi connectivity index (χ1v) is 10.1. The zero-order valence-corrected chi connectivity index (χ0v) is 17.9. The lowest BCUT2D eigenvalue weighted by Gasteiger charge is -2.25. The van der Waals surface area contributed by atoms with Gasteiger partial charge in [-0.2, -0.15) is 13.2 Å². The van der Waals surface area contributed by atoms with Gasteiger partial charge in [-0.1, -0.05) is 17.7 Å². The lowest BCUT2D eigenvalue weighted by Crippen LogP contribution is -2.39. The Kier molecular flexibility index (Phi) is 7.06. The Morgan fingerprint density at radius 1 is 1.36 bits per heavy atom. The Labute approximate surface area is 190 Å². The van der Waals surface area contributed by atoms with E-state index < -0.39 is 41.2 Å². The normalized spacial score (nSPS) is 15.9. The summed E-state index contributed by atoms with van der Waals surface area (Å²) in [6.07, 6.45) is -3.10. The van der Waals surface area contributed by atoms with Gasteiger partial charge >= 0.3 is 12.1 Å². The summed E-state index contributed by atoms with van der Waals surface area (Å²) in [4.78, 5) is 40.2. The number of nitrogens with zero attached hydrogens (tertiary/aromatic N) is 3. The molecule has 0 spiro atoms. The molecule has 0 unspecified atom stereocenters. The minimum Gasteiger partial charge on any atom is -0.454 e. The summed E-state index contributed by atoms with van der Waals surface area (Å²) in [5, 5.41) is 13.1. The number of nitro groups is 1. The molecule has 1 saturated heterocycles. The Bertz CT molecular complexity index is 1100. The number of hydrogen-bond acceptors (Lipinski definition) is 7. The number of aryl methyl sites for hydroxylation is 1. The van der Waals surface area contributed by atoms with Crippen LogP contribution in [0.2, 0.25) is 5.02 Å². The number of nitro benzene ring substituents is 1. The van der Waals surface area contributed by atoms with Crippen molar-refractivity contribution in [1.29, 1.82) is 0 Å². The lowest BCUT2D eigenvalue weighted by atomic mass is 10.2. The van der Waals surface area contributed by atoms with Gasteiger partial charge in [0, 0.05) is 24.9 Å². The van der Waals surface area contributed by atoms with Crippen LogP contribution < -0.4 is 10.2 Å². The van der Waals surface area contributed by atoms with E-state index in [-0.39, 0.29) is 22.2 Å². The number of non-ortho nitro benzene ring substituents is 1. The molecule has 1 amide bonds. The second-order valence-corrected chi connectivity index (χ2v) is 7.70. The van der Waals surface area contributed by atoms with Gasteiger partial charge in [0.1, 0.15) is 11.9 Å². The van der Waals surface area contributed by atoms with Crippen molar-refractivity contribution in [1.82, 2.24) is 4.98 Å². The fourth-order valence-corrected chi connectivity index (χ4v) is 3.61. The van der Waals surface area contributed by atoms with Crippen LogP contribution in [-0.2, 0) is 20.5 Å². The molecule has 1 aromatic carbocycles. The molecule has 1 fully saturated rings. The van der Waals surface area contributed by atoms with Gasteiger partial charge in [0.2, 0.25) is 0 Å². The van der Waals surface area contributed by atoms with Crippen LogP contribution in [-0.4, -0.2) is 41.0 Å². The lowest BCUT2D eigenvalue weighted by molar-refractivity contribution is -0.384. The minimum absolute atomic E-state index is 0.0146. The van der Waals surface area contributed by atoms with Crippen LogP contribution in [0.1, 0.15) is 24.0 Å². The Morgan fingerprint density at radius 3 is 2.73 bits per heavy atom. The zero-order chi connectivity index (χ0) is 24.3. The third kappa shape index (κ3) is 5.69. The predicted molar refractivity (Wildman–Crippen MR) is 112 cm³/mol. The maximum Gasteiger partial charge on any atom is 0.417 e. The molecule has 1 aromatic heterocycles. The molecule has 2 heterocycles. The summed E-state index contributed by atoms with van der Waals surface area (Å²) in [7, 11) is 0. The van der Waals surface area contributed by atoms with Gasteiger partial charge in [0.25, 0.3) is 11.6 Å². The van der Waals surface area contributed by atoms with Gasteiger partial charge in [-0.15, -0.1) is 0 Å². The summed E-state index contributed by atoms with van der Waals surface area (Å²) in [6.45, 7) is 1.30. The van der Waals surface area contributed by atoms with E-state index in [2.05, 4.69) is 10.3 Å². The number of aromatic nitrogens is 1. The average molecular weight is 487 g/mol. The highest BCUT2D eigenvalue weighted by Crippen LogP contribution is 2.35. The van der Waals surface area contributed by atoms with E-state index in [1.165, 1.54) is 23.1 Å². The van der Waals surface area contributed by atoms with E-state index in [1.807, 2.05) is 0 Å². The number of esters is 1. The van der Waals surface area contributed by atoms with Crippen molar-refractivity contribution in [2.75, 3.05) is 23.4 Å². The Balaban J connectivity index is 1.64. The molecule has 1 aliphatic heterocycles. The fraction of sp³-hybridized carbons (Fsp3) is 0.350. The molecule has 13 heteroatoms. The molecular weight excluding hydrogens is 469 g/mol. The van der Waals surface area contributed by atoms with Crippen LogP contribution in [0.4, 0.5) is 30.4 Å². The second kappa shape index (κ2) is 9.61. The molecule has 33 heavy (non-hydrogen) atoms. The molecule has 1 N–H and O–H groups in total. The molecule has 0 saturated carbocycles. The number of anilines is 2. The average Bonchev–Trinajstić information content (AvgIpc) is 3.22. The summed E-state index contributed by atoms with van der Waals surface area (Å²) in [5.74, 6) is -1.46. The fourth-order valence-electron chi connectivity index (χ4n) is 3.34. The molecule has 0 bridgehead atoms. The predicted octanol–water partition coefficient (Wildman–Crippen LogP) is 4.12. The molecule has 176 valence electrons. The van der Waals surface area contributed by atoms with E-state index in [1.54, 1.807) is 6.92 Å². The van der Waals surface area contributed by atoms with Crippen LogP contribution in [0.15, 0.2) is 30.5 Å². The molecule has 1 atom stereocenters. The van der Waals surface area contributed by atoms with Crippen molar-refractivity contribution < 1.29 is 32.4 Å². The number of benzene rings is 1. The first kappa shape index (κ1) is 24.2. The number of nitrogens with one attached hydrogen (secondary N) is 1. The van der Waals surface area contributed by atoms with Crippen molar-refractivity contribution >= 4 is 40.7 Å². The third-order valence-corrected chi connectivity index (χ3v) is 5.28. The largest absolute Gasteiger partial charge is 0.454 e. The molecule has 0 radical (unpaired) electrons. The summed E-state index contributed by atoms with van der Waals surface area (Å²) in [6, 6.07) is 3.81. The van der Waals surface area contributed by atoms with E-state index >= 15 is 0 Å². The van der Waals surface area contributed by atoms with Crippen LogP contribution in [0.5, 0.6) is 0 Å². The summed E-state index contributed by atoms with van der Waals surface area (Å²) in [5.41, 5.74) is -0.447. The maximum absolute atomic E-state index is 12.8. The van der Waals surface area contributed by atoms with Crippen LogP contribution in [0.25, 0.3) is 0 Å². The highest BCUT2D eigenvalue weighted by Gasteiger charge is 2.36. The third-order valence-electron chi connectivity index (χ3n) is 5.00. The number of hydrogen-bond donors (Lipinski definition) is 1. The molecule has 9 nitrogen and oxygen atoms in total. The van der Waals surface area contributed by atoms with Crippen molar-refractivity contribution in [3.05, 3.63) is 56.7 Å². The maximum atomic E-state index is 12.8. The highest BCUT2D eigenvalue weighted by atomic mass is 35.5. The number of halogens is 4. The summed E-state index contributed by atoms with van der Waals surface area (Å²) < 4.78 is 43.6. The Morgan fingerprint density at radius 2 is 2.09 bits per heavy atom. The number of ether oxygens (including phenoxy) is 1. The number of amides is 1. The molecule has 1 aliphatic rings. The van der Waals surface area contributed by atoms with Gasteiger partial charge in [-0.25, -0.2) is 9.78 Å². The van der Waals surface area contributed by atoms with Gasteiger partial charge in [-0.3, -0.25) is 14.9 Å². The van der Waals surface area contributed by atoms with Gasteiger partial charge in [0.15, 0.2) is 6.61 Å². The zero-order valence-electron chi connectivity index (χ0n) is 17.2. The van der Waals surface area contributed by atoms with Crippen molar-refractivity contribution in [2.24, 2.45) is 0 Å². The monoisotopic (exact) mass is 486 g/mol. The topological polar surface area (TPSA) is 115 Å². The van der Waals surface area contributed by atoms with E-state index in [4.69, 9.17) is 16.3 Å². The number of carbonyl (C=O) groups is 2. The van der Waals surface area contributed by atoms with Gasteiger partial charge < -0.3 is 15.0 Å². The molecule has 0 aliphatic carbocycles. The standard InChI is InChI=1S/C20H18ClF3N4O5/c1-11-4-5-13(28(31)32)8-15(11)26-17(29)10-33-19(30)16-3-2-6-27(16)18-14(21)7-12(9-25-18)20(22,23)24/h4-5,7-9,16H,2-3,6,10H2,1H3,(H,26,29)/t16-/m1/s1. The van der Waals surface area contributed by atoms with Gasteiger partial charge in [0.05, 0.1) is 21.2 Å². The number of pyridine rings is 1. The SMILES string of the molecule is Cc1ccc([N+](=O)[O-])cc1NC(=O)COC(=O)[C@H]1CCCN1c1ncc(C(F)(F)F)cc1Cl. The quantitative estimate of drug-likeness (QED) is 0.371. The smallest absolute Gasteiger partial charge is 0.417 e. The number of rotatable bonds is 6. The van der Waals surface area contributed by atoms with Crippen LogP contribution >= 0.6 is 11.6 Å². The number of carbonyl (C=O) groups excluding carboxylic acids is 2. The number of alkyl halides is 3. The highest BCUT2D eigenvalue weighted by molar-refractivity contribution is 6.33. The van der Waals surface area contributed by atoms with Crippen molar-refractivity contribution in [3.63, 3.8) is 0 Å². The molecule has 2 aromatic rings. The van der Waals surface area contributed by atoms with Crippen LogP contribution in [0.3, 0.4) is 0 Å². The Hall–Kier alpha value is -3.41. The first-order valence-electron chi connectivity index (χ1n) is 9.68. The molecule has 3 rings (SSSR count). The first-order chi connectivity index (χ1) is 15.5. The van der Waals surface area contributed by atoms with Gasteiger partial charge in [-0.05, 0) is 31.4 Å². The van der Waals surface area contributed by atoms with Crippen molar-refractivity contribution in [2.45, 2.75) is 32.0 Å². The van der Waals surface area contributed by atoms with E-state index in [0.29, 0.717) is 31.1 Å².